The molecule has 1 aromatic carbocycles. The molecule has 1 fully saturated rings. The van der Waals surface area contributed by atoms with Crippen molar-refractivity contribution in [3.63, 3.8) is 0 Å². The zero-order valence-corrected chi connectivity index (χ0v) is 11.0. The molecule has 1 aliphatic heterocycles. The number of benzene rings is 1. The molecule has 0 amide bonds. The standard InChI is InChI=1S/C14H19NO4/c1-14(5-7-18-10-14)15-6-8-19-12-4-2-3-11(9-12)13(16)17/h2-4,9,15H,5-8,10H2,1H3,(H,16,17). The van der Waals surface area contributed by atoms with Crippen LogP contribution in [-0.2, 0) is 4.74 Å². The highest BCUT2D eigenvalue weighted by Gasteiger charge is 2.28. The van der Waals surface area contributed by atoms with Gasteiger partial charge < -0.3 is 19.9 Å². The first kappa shape index (κ1) is 13.8. The number of carboxylic acid groups (broad SMARTS) is 1. The van der Waals surface area contributed by atoms with Gasteiger partial charge in [-0.05, 0) is 31.5 Å². The smallest absolute Gasteiger partial charge is 0.335 e. The summed E-state index contributed by atoms with van der Waals surface area (Å²) in [5, 5.41) is 12.3. The largest absolute Gasteiger partial charge is 0.492 e. The van der Waals surface area contributed by atoms with Gasteiger partial charge in [0, 0.05) is 18.7 Å². The predicted octanol–water partition coefficient (Wildman–Crippen LogP) is 1.53. The maximum atomic E-state index is 10.8. The Kier molecular flexibility index (Phi) is 4.39. The van der Waals surface area contributed by atoms with Gasteiger partial charge in [0.1, 0.15) is 12.4 Å². The monoisotopic (exact) mass is 265 g/mol. The molecular formula is C14H19NO4. The minimum atomic E-state index is -0.945. The molecule has 1 saturated heterocycles. The molecule has 19 heavy (non-hydrogen) atoms. The van der Waals surface area contributed by atoms with Gasteiger partial charge >= 0.3 is 5.97 Å². The zero-order valence-electron chi connectivity index (χ0n) is 11.0. The maximum absolute atomic E-state index is 10.8. The Balaban J connectivity index is 1.76. The third-order valence-corrected chi connectivity index (χ3v) is 3.22. The second-order valence-electron chi connectivity index (χ2n) is 4.97. The van der Waals surface area contributed by atoms with Gasteiger partial charge in [-0.2, -0.15) is 0 Å². The summed E-state index contributed by atoms with van der Waals surface area (Å²) in [5.41, 5.74) is 0.272. The summed E-state index contributed by atoms with van der Waals surface area (Å²) in [6.07, 6.45) is 1.00. The highest BCUT2D eigenvalue weighted by atomic mass is 16.5. The van der Waals surface area contributed by atoms with Crippen LogP contribution in [-0.4, -0.2) is 43.0 Å². The van der Waals surface area contributed by atoms with Crippen LogP contribution in [0.25, 0.3) is 0 Å². The average molecular weight is 265 g/mol. The van der Waals surface area contributed by atoms with E-state index in [4.69, 9.17) is 14.6 Å². The molecule has 104 valence electrons. The van der Waals surface area contributed by atoms with E-state index in [-0.39, 0.29) is 11.1 Å². The third-order valence-electron chi connectivity index (χ3n) is 3.22. The molecule has 1 aromatic rings. The van der Waals surface area contributed by atoms with Crippen molar-refractivity contribution < 1.29 is 19.4 Å². The summed E-state index contributed by atoms with van der Waals surface area (Å²) in [6, 6.07) is 6.51. The zero-order chi connectivity index (χ0) is 13.7. The summed E-state index contributed by atoms with van der Waals surface area (Å²) in [7, 11) is 0. The van der Waals surface area contributed by atoms with Crippen molar-refractivity contribution in [1.82, 2.24) is 5.32 Å². The molecule has 5 nitrogen and oxygen atoms in total. The van der Waals surface area contributed by atoms with Gasteiger partial charge in [-0.1, -0.05) is 6.07 Å². The Morgan fingerprint density at radius 2 is 2.42 bits per heavy atom. The van der Waals surface area contributed by atoms with E-state index in [1.165, 1.54) is 6.07 Å². The topological polar surface area (TPSA) is 67.8 Å². The lowest BCUT2D eigenvalue weighted by molar-refractivity contribution is 0.0696. The van der Waals surface area contributed by atoms with Crippen molar-refractivity contribution in [1.29, 1.82) is 0 Å². The van der Waals surface area contributed by atoms with E-state index in [0.717, 1.165) is 19.6 Å². The molecule has 2 N–H and O–H groups in total. The first-order chi connectivity index (χ1) is 9.09. The molecule has 1 atom stereocenters. The Morgan fingerprint density at radius 1 is 1.58 bits per heavy atom. The van der Waals surface area contributed by atoms with Gasteiger partial charge in [0.05, 0.1) is 12.2 Å². The molecule has 0 spiro atoms. The first-order valence-electron chi connectivity index (χ1n) is 6.38. The highest BCUT2D eigenvalue weighted by Crippen LogP contribution is 2.17. The van der Waals surface area contributed by atoms with Crippen LogP contribution in [0.3, 0.4) is 0 Å². The van der Waals surface area contributed by atoms with Crippen molar-refractivity contribution in [2.75, 3.05) is 26.4 Å². The van der Waals surface area contributed by atoms with Crippen LogP contribution in [0, 0.1) is 0 Å². The van der Waals surface area contributed by atoms with E-state index in [1.54, 1.807) is 18.2 Å². The number of carboxylic acids is 1. The van der Waals surface area contributed by atoms with Crippen molar-refractivity contribution in [2.45, 2.75) is 18.9 Å². The molecular weight excluding hydrogens is 246 g/mol. The fourth-order valence-corrected chi connectivity index (χ4v) is 2.05. The SMILES string of the molecule is CC1(NCCOc2cccc(C(=O)O)c2)CCOC1. The fourth-order valence-electron chi connectivity index (χ4n) is 2.05. The van der Waals surface area contributed by atoms with Gasteiger partial charge in [0.25, 0.3) is 0 Å². The lowest BCUT2D eigenvalue weighted by Gasteiger charge is -2.23. The third kappa shape index (κ3) is 3.94. The molecule has 1 heterocycles. The van der Waals surface area contributed by atoms with Crippen LogP contribution in [0.15, 0.2) is 24.3 Å². The molecule has 0 aliphatic carbocycles. The fraction of sp³-hybridized carbons (Fsp3) is 0.500. The Labute approximate surface area is 112 Å². The van der Waals surface area contributed by atoms with Gasteiger partial charge in [-0.3, -0.25) is 0 Å². The lowest BCUT2D eigenvalue weighted by atomic mass is 10.0. The normalized spacial score (nSPS) is 22.4. The van der Waals surface area contributed by atoms with E-state index in [2.05, 4.69) is 12.2 Å². The number of rotatable bonds is 6. The Morgan fingerprint density at radius 3 is 3.11 bits per heavy atom. The molecule has 0 saturated carbocycles. The maximum Gasteiger partial charge on any atom is 0.335 e. The van der Waals surface area contributed by atoms with E-state index >= 15 is 0 Å². The summed E-state index contributed by atoms with van der Waals surface area (Å²) >= 11 is 0. The van der Waals surface area contributed by atoms with Crippen molar-refractivity contribution in [3.05, 3.63) is 29.8 Å². The van der Waals surface area contributed by atoms with Crippen molar-refractivity contribution in [3.8, 4) is 5.75 Å². The minimum absolute atomic E-state index is 0.0340. The number of aromatic carboxylic acids is 1. The van der Waals surface area contributed by atoms with Crippen LogP contribution in [0.5, 0.6) is 5.75 Å². The van der Waals surface area contributed by atoms with Crippen LogP contribution in [0.4, 0.5) is 0 Å². The number of hydrogen-bond donors (Lipinski definition) is 2. The van der Waals surface area contributed by atoms with E-state index in [1.807, 2.05) is 0 Å². The number of ether oxygens (including phenoxy) is 2. The highest BCUT2D eigenvalue weighted by molar-refractivity contribution is 5.87. The van der Waals surface area contributed by atoms with Gasteiger partial charge in [0.2, 0.25) is 0 Å². The van der Waals surface area contributed by atoms with Crippen LogP contribution < -0.4 is 10.1 Å². The van der Waals surface area contributed by atoms with Crippen LogP contribution in [0.1, 0.15) is 23.7 Å². The number of carbonyl (C=O) groups is 1. The number of hydrogen-bond acceptors (Lipinski definition) is 4. The van der Waals surface area contributed by atoms with Crippen LogP contribution >= 0.6 is 0 Å². The molecule has 0 aromatic heterocycles. The quantitative estimate of drug-likeness (QED) is 0.764. The van der Waals surface area contributed by atoms with E-state index in [0.29, 0.717) is 18.9 Å². The minimum Gasteiger partial charge on any atom is -0.492 e. The molecule has 1 unspecified atom stereocenters. The Hall–Kier alpha value is -1.59. The predicted molar refractivity (Wildman–Crippen MR) is 70.7 cm³/mol. The summed E-state index contributed by atoms with van der Waals surface area (Å²) in [6.45, 7) is 4.85. The first-order valence-corrected chi connectivity index (χ1v) is 6.38. The van der Waals surface area contributed by atoms with E-state index in [9.17, 15) is 4.79 Å². The number of nitrogens with one attached hydrogen (secondary N) is 1. The second kappa shape index (κ2) is 6.04. The van der Waals surface area contributed by atoms with E-state index < -0.39 is 5.97 Å². The van der Waals surface area contributed by atoms with Gasteiger partial charge in [-0.15, -0.1) is 0 Å². The molecule has 5 heteroatoms. The molecule has 0 radical (unpaired) electrons. The molecule has 2 rings (SSSR count). The summed E-state index contributed by atoms with van der Waals surface area (Å²) in [4.78, 5) is 10.8. The molecule has 0 bridgehead atoms. The molecule has 1 aliphatic rings. The van der Waals surface area contributed by atoms with Gasteiger partial charge in [-0.25, -0.2) is 4.79 Å². The average Bonchev–Trinajstić information content (AvgIpc) is 2.82. The summed E-state index contributed by atoms with van der Waals surface area (Å²) < 4.78 is 10.9. The van der Waals surface area contributed by atoms with Crippen molar-refractivity contribution in [2.24, 2.45) is 0 Å². The van der Waals surface area contributed by atoms with Crippen molar-refractivity contribution >= 4 is 5.97 Å². The second-order valence-corrected chi connectivity index (χ2v) is 4.97. The Bertz CT molecular complexity index is 441. The lowest BCUT2D eigenvalue weighted by Crippen LogP contribution is -2.44. The summed E-state index contributed by atoms with van der Waals surface area (Å²) in [5.74, 6) is -0.367. The van der Waals surface area contributed by atoms with Crippen LogP contribution in [0.2, 0.25) is 0 Å². The van der Waals surface area contributed by atoms with Gasteiger partial charge in [0.15, 0.2) is 0 Å².